The monoisotopic (exact) mass is 1300 g/mol. The summed E-state index contributed by atoms with van der Waals surface area (Å²) in [5.74, 6) is 0. The van der Waals surface area contributed by atoms with Crippen molar-refractivity contribution in [2.75, 3.05) is 0 Å². The maximum absolute atomic E-state index is 2.47. The van der Waals surface area contributed by atoms with E-state index in [9.17, 15) is 0 Å². The Labute approximate surface area is 586 Å². The zero-order valence-corrected chi connectivity index (χ0v) is 55.3. The van der Waals surface area contributed by atoms with Crippen molar-refractivity contribution >= 4 is 131 Å². The van der Waals surface area contributed by atoms with Crippen LogP contribution in [0, 0.1) is 0 Å². The summed E-state index contributed by atoms with van der Waals surface area (Å²) in [6, 6.07) is 135. The first-order valence-electron chi connectivity index (χ1n) is 35.1. The number of rotatable bonds is 9. The van der Waals surface area contributed by atoms with Crippen molar-refractivity contribution in [2.45, 2.75) is 0 Å². The largest absolute Gasteiger partial charge is 0.309 e. The zero-order valence-electron chi connectivity index (χ0n) is 55.3. The summed E-state index contributed by atoms with van der Waals surface area (Å²) >= 11 is 0. The van der Waals surface area contributed by atoms with Crippen LogP contribution in [0.25, 0.3) is 198 Å². The fraction of sp³-hybridized carbons (Fsp3) is 0. The van der Waals surface area contributed by atoms with E-state index in [0.717, 1.165) is 78.3 Å². The van der Waals surface area contributed by atoms with Gasteiger partial charge >= 0.3 is 0 Å². The molecule has 16 aromatic carbocycles. The first-order chi connectivity index (χ1) is 50.6. The molecule has 0 unspecified atom stereocenters. The highest BCUT2D eigenvalue weighted by molar-refractivity contribution is 6.18. The summed E-state index contributed by atoms with van der Waals surface area (Å²) in [7, 11) is 0. The van der Waals surface area contributed by atoms with Crippen molar-refractivity contribution in [3.63, 3.8) is 0 Å². The molecule has 22 aromatic rings. The minimum absolute atomic E-state index is 1.11. The topological polar surface area (TPSA) is 29.6 Å². The van der Waals surface area contributed by atoms with E-state index in [1.54, 1.807) is 0 Å². The van der Waals surface area contributed by atoms with Crippen LogP contribution in [0.1, 0.15) is 0 Å². The van der Waals surface area contributed by atoms with Gasteiger partial charge in [0.25, 0.3) is 0 Å². The maximum Gasteiger partial charge on any atom is 0.0542 e. The third-order valence-electron chi connectivity index (χ3n) is 21.8. The molecule has 0 fully saturated rings. The lowest BCUT2D eigenvalue weighted by Gasteiger charge is -2.12. The molecular weight excluding hydrogens is 1240 g/mol. The molecular formula is C96H60N6. The van der Waals surface area contributed by atoms with Gasteiger partial charge in [-0.2, -0.15) is 0 Å². The standard InChI is InChI=1S/C96H60N6/c1-3-20-61(21-4-1)63-38-42-67(43-39-63)97-93-50-44-69(99-85-32-13-7-26-73(85)74-27-8-14-33-86(74)99)57-81(93)82-59-71(45-51-94(82)97)101-89-36-17-11-30-77(89)79-55-65(40-48-91(79)101)66-41-49-92-80(56-66)78-31-12-18-37-90(78)102(92)72-47-53-96-84(60-72)83-58-70(100-87-34-15-9-28-75(87)76-29-10-16-35-88(76)100)46-52-95(83)98(96)68-25-19-24-64(54-68)62-22-5-2-6-23-62/h1-60H. The van der Waals surface area contributed by atoms with Gasteiger partial charge in [0.05, 0.1) is 66.2 Å². The molecule has 22 rings (SSSR count). The molecule has 0 saturated heterocycles. The lowest BCUT2D eigenvalue weighted by Crippen LogP contribution is -1.96. The van der Waals surface area contributed by atoms with E-state index in [-0.39, 0.29) is 0 Å². The minimum Gasteiger partial charge on any atom is -0.309 e. The van der Waals surface area contributed by atoms with Crippen molar-refractivity contribution in [3.8, 4) is 67.5 Å². The molecule has 6 nitrogen and oxygen atoms in total. The average Bonchev–Trinajstić information content (AvgIpc) is 1.57. The molecule has 0 aliphatic carbocycles. The van der Waals surface area contributed by atoms with Gasteiger partial charge in [0, 0.05) is 98.8 Å². The summed E-state index contributed by atoms with van der Waals surface area (Å²) in [5.41, 5.74) is 27.9. The van der Waals surface area contributed by atoms with Gasteiger partial charge in [-0.3, -0.25) is 0 Å². The molecule has 6 aromatic heterocycles. The van der Waals surface area contributed by atoms with Crippen LogP contribution in [0.4, 0.5) is 0 Å². The molecule has 0 spiro atoms. The molecule has 6 heteroatoms. The number of aromatic nitrogens is 6. The first-order valence-corrected chi connectivity index (χ1v) is 35.1. The first kappa shape index (κ1) is 56.3. The van der Waals surface area contributed by atoms with E-state index < -0.39 is 0 Å². The van der Waals surface area contributed by atoms with Crippen molar-refractivity contribution in [1.82, 2.24) is 27.4 Å². The fourth-order valence-electron chi connectivity index (χ4n) is 17.3. The minimum atomic E-state index is 1.11. The Balaban J connectivity index is 0.687. The van der Waals surface area contributed by atoms with Gasteiger partial charge < -0.3 is 27.4 Å². The summed E-state index contributed by atoms with van der Waals surface area (Å²) < 4.78 is 14.7. The van der Waals surface area contributed by atoms with Crippen molar-refractivity contribution in [1.29, 1.82) is 0 Å². The third-order valence-corrected chi connectivity index (χ3v) is 21.8. The SMILES string of the molecule is c1ccc(-c2ccc(-n3c4ccc(-n5c6ccccc6c6ccccc65)cc4c4cc(-n5c6ccccc6c6cc(-c7ccc8c(c7)c7ccccc7n8-c7ccc8c(c7)c7cc(-n9c%10ccccc%10c%10ccccc%109)ccc7n8-c7cccc(-c8ccccc8)c7)ccc65)ccc43)cc2)cc1. The van der Waals surface area contributed by atoms with E-state index in [2.05, 4.69) is 391 Å². The number of fused-ring (bicyclic) bond motifs is 18. The number of hydrogen-bond acceptors (Lipinski definition) is 0. The van der Waals surface area contributed by atoms with Crippen LogP contribution in [0.2, 0.25) is 0 Å². The van der Waals surface area contributed by atoms with E-state index >= 15 is 0 Å². The normalized spacial score (nSPS) is 12.1. The lowest BCUT2D eigenvalue weighted by atomic mass is 10.0. The Hall–Kier alpha value is -13.7. The van der Waals surface area contributed by atoms with Gasteiger partial charge in [0.2, 0.25) is 0 Å². The Kier molecular flexibility index (Phi) is 12.1. The predicted molar refractivity (Wildman–Crippen MR) is 429 cm³/mol. The van der Waals surface area contributed by atoms with Gasteiger partial charge in [0.1, 0.15) is 0 Å². The van der Waals surface area contributed by atoms with Crippen LogP contribution in [0.3, 0.4) is 0 Å². The molecule has 0 saturated carbocycles. The quantitative estimate of drug-likeness (QED) is 0.138. The smallest absolute Gasteiger partial charge is 0.0542 e. The van der Waals surface area contributed by atoms with Crippen LogP contribution in [0.15, 0.2) is 364 Å². The second-order valence-corrected chi connectivity index (χ2v) is 27.2. The second kappa shape index (κ2) is 21.9. The number of hydrogen-bond donors (Lipinski definition) is 0. The van der Waals surface area contributed by atoms with Gasteiger partial charge in [-0.1, -0.05) is 206 Å². The number of benzene rings is 16. The van der Waals surface area contributed by atoms with Crippen LogP contribution in [-0.4, -0.2) is 27.4 Å². The van der Waals surface area contributed by atoms with Gasteiger partial charge in [0.15, 0.2) is 0 Å². The number of para-hydroxylation sites is 6. The lowest BCUT2D eigenvalue weighted by molar-refractivity contribution is 1.16. The molecule has 0 N–H and O–H groups in total. The highest BCUT2D eigenvalue weighted by atomic mass is 15.0. The van der Waals surface area contributed by atoms with Gasteiger partial charge in [-0.25, -0.2) is 0 Å². The second-order valence-electron chi connectivity index (χ2n) is 27.2. The average molecular weight is 1300 g/mol. The Morgan fingerprint density at radius 1 is 0.108 bits per heavy atom. The van der Waals surface area contributed by atoms with Crippen molar-refractivity contribution in [2.24, 2.45) is 0 Å². The predicted octanol–water partition coefficient (Wildman–Crippen LogP) is 25.3. The van der Waals surface area contributed by atoms with Crippen LogP contribution >= 0.6 is 0 Å². The molecule has 0 aliphatic heterocycles. The van der Waals surface area contributed by atoms with Crippen LogP contribution < -0.4 is 0 Å². The molecule has 0 radical (unpaired) electrons. The van der Waals surface area contributed by atoms with Crippen LogP contribution in [0.5, 0.6) is 0 Å². The van der Waals surface area contributed by atoms with Gasteiger partial charge in [-0.15, -0.1) is 0 Å². The molecule has 0 atom stereocenters. The third kappa shape index (κ3) is 8.35. The molecule has 102 heavy (non-hydrogen) atoms. The van der Waals surface area contributed by atoms with Crippen molar-refractivity contribution in [3.05, 3.63) is 364 Å². The van der Waals surface area contributed by atoms with E-state index in [1.165, 1.54) is 120 Å². The van der Waals surface area contributed by atoms with Crippen LogP contribution in [-0.2, 0) is 0 Å². The van der Waals surface area contributed by atoms with Gasteiger partial charge in [-0.05, 0) is 191 Å². The fourth-order valence-corrected chi connectivity index (χ4v) is 17.3. The highest BCUT2D eigenvalue weighted by Crippen LogP contribution is 2.45. The van der Waals surface area contributed by atoms with E-state index in [4.69, 9.17) is 0 Å². The van der Waals surface area contributed by atoms with Crippen molar-refractivity contribution < 1.29 is 0 Å². The Morgan fingerprint density at radius 2 is 0.314 bits per heavy atom. The highest BCUT2D eigenvalue weighted by Gasteiger charge is 2.23. The molecule has 474 valence electrons. The summed E-state index contributed by atoms with van der Waals surface area (Å²) in [6.07, 6.45) is 0. The van der Waals surface area contributed by atoms with E-state index in [0.29, 0.717) is 0 Å². The molecule has 0 amide bonds. The zero-order chi connectivity index (χ0) is 66.7. The molecule has 0 aliphatic rings. The summed E-state index contributed by atoms with van der Waals surface area (Å²) in [4.78, 5) is 0. The Bertz CT molecular complexity index is 7120. The Morgan fingerprint density at radius 3 is 0.657 bits per heavy atom. The maximum atomic E-state index is 2.47. The molecule has 6 heterocycles. The number of nitrogens with zero attached hydrogens (tertiary/aromatic N) is 6. The van der Waals surface area contributed by atoms with E-state index in [1.807, 2.05) is 0 Å². The summed E-state index contributed by atoms with van der Waals surface area (Å²) in [5, 5.41) is 14.6. The summed E-state index contributed by atoms with van der Waals surface area (Å²) in [6.45, 7) is 0. The molecule has 0 bridgehead atoms.